The lowest BCUT2D eigenvalue weighted by Crippen LogP contribution is -2.43. The zero-order valence-corrected chi connectivity index (χ0v) is 24.1. The van der Waals surface area contributed by atoms with Crippen molar-refractivity contribution in [1.29, 1.82) is 0 Å². The van der Waals surface area contributed by atoms with Crippen molar-refractivity contribution in [2.75, 3.05) is 33.9 Å². The molecule has 0 fully saturated rings. The highest BCUT2D eigenvalue weighted by molar-refractivity contribution is 7.11. The van der Waals surface area contributed by atoms with Crippen molar-refractivity contribution in [2.45, 2.75) is 53.0 Å². The van der Waals surface area contributed by atoms with Crippen molar-refractivity contribution in [1.82, 2.24) is 9.80 Å². The maximum atomic E-state index is 13.7. The molecule has 0 aliphatic heterocycles. The molecule has 1 heterocycles. The van der Waals surface area contributed by atoms with E-state index in [2.05, 4.69) is 32.9 Å². The van der Waals surface area contributed by atoms with E-state index in [9.17, 15) is 9.59 Å². The third-order valence-electron chi connectivity index (χ3n) is 6.62. The predicted octanol–water partition coefficient (Wildman–Crippen LogP) is 6.15. The molecule has 3 aromatic rings. The Bertz CT molecular complexity index is 1190. The van der Waals surface area contributed by atoms with Gasteiger partial charge in [0.25, 0.3) is 5.91 Å². The summed E-state index contributed by atoms with van der Waals surface area (Å²) >= 11 is 1.69. The molecular formula is C31H40N2O4S. The minimum atomic E-state index is -0.0961. The molecule has 7 heteroatoms. The minimum Gasteiger partial charge on any atom is -0.493 e. The Morgan fingerprint density at radius 3 is 2.16 bits per heavy atom. The molecule has 0 unspecified atom stereocenters. The summed E-state index contributed by atoms with van der Waals surface area (Å²) in [6, 6.07) is 17.7. The van der Waals surface area contributed by atoms with Gasteiger partial charge in [0.1, 0.15) is 6.54 Å². The zero-order valence-electron chi connectivity index (χ0n) is 23.3. The summed E-state index contributed by atoms with van der Waals surface area (Å²) in [5.74, 6) is 1.20. The second-order valence-corrected chi connectivity index (χ2v) is 10.8. The zero-order chi connectivity index (χ0) is 27.5. The van der Waals surface area contributed by atoms with E-state index in [1.54, 1.807) is 30.5 Å². The van der Waals surface area contributed by atoms with Crippen molar-refractivity contribution in [3.8, 4) is 11.5 Å². The molecule has 6 nitrogen and oxygen atoms in total. The standard InChI is InChI=1S/C31H40N2O4S/c1-6-8-18-33(31(35)26-13-10-24(7-2)11-14-26)22-30(34)32(21-27-15-9-23(3)38-27)19-17-25-12-16-28(36-4)29(20-25)37-5/h9-16,20H,6-8,17-19,21-22H2,1-5H3. The van der Waals surface area contributed by atoms with Gasteiger partial charge in [-0.1, -0.05) is 38.5 Å². The Balaban J connectivity index is 1.78. The largest absolute Gasteiger partial charge is 0.493 e. The Labute approximate surface area is 231 Å². The van der Waals surface area contributed by atoms with E-state index in [-0.39, 0.29) is 18.4 Å². The van der Waals surface area contributed by atoms with Crippen LogP contribution in [0.2, 0.25) is 0 Å². The number of hydrogen-bond donors (Lipinski definition) is 0. The number of thiophene rings is 1. The van der Waals surface area contributed by atoms with Gasteiger partial charge in [0.05, 0.1) is 20.8 Å². The fourth-order valence-electron chi connectivity index (χ4n) is 4.28. The topological polar surface area (TPSA) is 59.1 Å². The molecular weight excluding hydrogens is 496 g/mol. The average Bonchev–Trinajstić information content (AvgIpc) is 3.36. The van der Waals surface area contributed by atoms with Gasteiger partial charge in [-0.05, 0) is 73.7 Å². The first-order valence-electron chi connectivity index (χ1n) is 13.3. The van der Waals surface area contributed by atoms with Crippen LogP contribution >= 0.6 is 11.3 Å². The molecule has 1 aromatic heterocycles. The highest BCUT2D eigenvalue weighted by atomic mass is 32.1. The van der Waals surface area contributed by atoms with Crippen LogP contribution in [-0.2, 0) is 24.2 Å². The SMILES string of the molecule is CCCCN(CC(=O)N(CCc1ccc(OC)c(OC)c1)Cc1ccc(C)s1)C(=O)c1ccc(CC)cc1. The van der Waals surface area contributed by atoms with Crippen LogP contribution in [0.3, 0.4) is 0 Å². The van der Waals surface area contributed by atoms with E-state index in [1.807, 2.05) is 47.4 Å². The maximum Gasteiger partial charge on any atom is 0.254 e. The third kappa shape index (κ3) is 8.09. The number of nitrogens with zero attached hydrogens (tertiary/aromatic N) is 2. The van der Waals surface area contributed by atoms with Crippen molar-refractivity contribution >= 4 is 23.2 Å². The van der Waals surface area contributed by atoms with E-state index in [1.165, 1.54) is 10.4 Å². The first-order chi connectivity index (χ1) is 18.4. The number of amides is 2. The van der Waals surface area contributed by atoms with Gasteiger partial charge < -0.3 is 19.3 Å². The van der Waals surface area contributed by atoms with Gasteiger partial charge in [0.2, 0.25) is 5.91 Å². The highest BCUT2D eigenvalue weighted by Gasteiger charge is 2.23. The predicted molar refractivity (Wildman–Crippen MR) is 154 cm³/mol. The highest BCUT2D eigenvalue weighted by Crippen LogP contribution is 2.28. The number of hydrogen-bond acceptors (Lipinski definition) is 5. The molecule has 204 valence electrons. The lowest BCUT2D eigenvalue weighted by molar-refractivity contribution is -0.132. The summed E-state index contributed by atoms with van der Waals surface area (Å²) in [5, 5.41) is 0. The van der Waals surface area contributed by atoms with Gasteiger partial charge in [0.15, 0.2) is 11.5 Å². The Hall–Kier alpha value is -3.32. The summed E-state index contributed by atoms with van der Waals surface area (Å²) in [5.41, 5.74) is 2.86. The molecule has 0 N–H and O–H groups in total. The first kappa shape index (κ1) is 29.2. The summed E-state index contributed by atoms with van der Waals surface area (Å²) < 4.78 is 10.8. The fourth-order valence-corrected chi connectivity index (χ4v) is 5.19. The molecule has 0 radical (unpaired) electrons. The van der Waals surface area contributed by atoms with Crippen LogP contribution in [0, 0.1) is 6.92 Å². The van der Waals surface area contributed by atoms with Crippen molar-refractivity contribution in [2.24, 2.45) is 0 Å². The number of benzene rings is 2. The van der Waals surface area contributed by atoms with E-state index in [0.717, 1.165) is 29.7 Å². The Morgan fingerprint density at radius 2 is 1.55 bits per heavy atom. The van der Waals surface area contributed by atoms with Crippen LogP contribution in [0.1, 0.15) is 57.9 Å². The molecule has 38 heavy (non-hydrogen) atoms. The van der Waals surface area contributed by atoms with Crippen molar-refractivity contribution in [3.63, 3.8) is 0 Å². The van der Waals surface area contributed by atoms with E-state index < -0.39 is 0 Å². The first-order valence-corrected chi connectivity index (χ1v) is 14.1. The molecule has 0 saturated carbocycles. The Kier molecular flexibility index (Phi) is 11.2. The second-order valence-electron chi connectivity index (χ2n) is 9.40. The number of carbonyl (C=O) groups is 2. The third-order valence-corrected chi connectivity index (χ3v) is 7.60. The van der Waals surface area contributed by atoms with Crippen LogP contribution in [0.5, 0.6) is 11.5 Å². The smallest absolute Gasteiger partial charge is 0.254 e. The summed E-state index contributed by atoms with van der Waals surface area (Å²) in [7, 11) is 3.24. The molecule has 0 atom stereocenters. The van der Waals surface area contributed by atoms with Gasteiger partial charge in [-0.25, -0.2) is 0 Å². The lowest BCUT2D eigenvalue weighted by Gasteiger charge is -2.28. The average molecular weight is 537 g/mol. The van der Waals surface area contributed by atoms with Crippen molar-refractivity contribution in [3.05, 3.63) is 81.0 Å². The van der Waals surface area contributed by atoms with Gasteiger partial charge in [-0.3, -0.25) is 9.59 Å². The fraction of sp³-hybridized carbons (Fsp3) is 0.419. The Morgan fingerprint density at radius 1 is 0.842 bits per heavy atom. The molecule has 0 bridgehead atoms. The van der Waals surface area contributed by atoms with Crippen LogP contribution in [0.4, 0.5) is 0 Å². The molecule has 0 aliphatic carbocycles. The van der Waals surface area contributed by atoms with Crippen LogP contribution in [-0.4, -0.2) is 55.5 Å². The van der Waals surface area contributed by atoms with E-state index in [4.69, 9.17) is 9.47 Å². The number of carbonyl (C=O) groups excluding carboxylic acids is 2. The van der Waals surface area contributed by atoms with Gasteiger partial charge in [-0.2, -0.15) is 0 Å². The van der Waals surface area contributed by atoms with Crippen LogP contribution in [0.15, 0.2) is 54.6 Å². The number of unbranched alkanes of at least 4 members (excludes halogenated alkanes) is 1. The quantitative estimate of drug-likeness (QED) is 0.248. The van der Waals surface area contributed by atoms with Crippen LogP contribution in [0.25, 0.3) is 0 Å². The number of methoxy groups -OCH3 is 2. The monoisotopic (exact) mass is 536 g/mol. The van der Waals surface area contributed by atoms with Crippen LogP contribution < -0.4 is 9.47 Å². The van der Waals surface area contributed by atoms with Gasteiger partial charge >= 0.3 is 0 Å². The molecule has 2 amide bonds. The summed E-state index contributed by atoms with van der Waals surface area (Å²) in [4.78, 5) is 33.0. The molecule has 0 spiro atoms. The maximum absolute atomic E-state index is 13.7. The number of rotatable bonds is 14. The number of aryl methyl sites for hydroxylation is 2. The minimum absolute atomic E-state index is 0.0499. The second kappa shape index (κ2) is 14.6. The van der Waals surface area contributed by atoms with E-state index in [0.29, 0.717) is 43.1 Å². The molecule has 3 rings (SSSR count). The normalized spacial score (nSPS) is 10.8. The van der Waals surface area contributed by atoms with Gasteiger partial charge in [0, 0.05) is 28.4 Å². The van der Waals surface area contributed by atoms with Gasteiger partial charge in [-0.15, -0.1) is 11.3 Å². The number of ether oxygens (including phenoxy) is 2. The molecule has 0 aliphatic rings. The lowest BCUT2D eigenvalue weighted by atomic mass is 10.1. The summed E-state index contributed by atoms with van der Waals surface area (Å²) in [6.45, 7) is 7.92. The molecule has 0 saturated heterocycles. The van der Waals surface area contributed by atoms with E-state index >= 15 is 0 Å². The van der Waals surface area contributed by atoms with Crippen molar-refractivity contribution < 1.29 is 19.1 Å². The summed E-state index contributed by atoms with van der Waals surface area (Å²) in [6.07, 6.45) is 3.38. The molecule has 2 aromatic carbocycles.